The molecule has 4 rings (SSSR count). The molecule has 4 aromatic rings. The number of amides is 2. The van der Waals surface area contributed by atoms with Crippen molar-refractivity contribution in [2.75, 3.05) is 39.1 Å². The Balaban J connectivity index is 1.43. The molecule has 0 saturated carbocycles. The summed E-state index contributed by atoms with van der Waals surface area (Å²) in [7, 11) is 6.29. The van der Waals surface area contributed by atoms with E-state index in [2.05, 4.69) is 20.8 Å². The number of anilines is 2. The minimum absolute atomic E-state index is 0.324. The first-order valence-corrected chi connectivity index (χ1v) is 10.6. The van der Waals surface area contributed by atoms with Crippen molar-refractivity contribution in [2.45, 2.75) is 6.61 Å². The van der Waals surface area contributed by atoms with E-state index in [-0.39, 0.29) is 0 Å². The van der Waals surface area contributed by atoms with Crippen LogP contribution >= 0.6 is 0 Å². The molecule has 3 N–H and O–H groups in total. The van der Waals surface area contributed by atoms with Gasteiger partial charge in [-0.05, 0) is 29.8 Å². The van der Waals surface area contributed by atoms with Crippen LogP contribution < -0.4 is 34.3 Å². The number of fused-ring (bicyclic) bond motifs is 1. The third-order valence-electron chi connectivity index (χ3n) is 5.19. The van der Waals surface area contributed by atoms with E-state index in [0.717, 1.165) is 10.9 Å². The van der Waals surface area contributed by atoms with Gasteiger partial charge in [0.05, 0.1) is 34.0 Å². The van der Waals surface area contributed by atoms with Crippen LogP contribution in [0.4, 0.5) is 16.3 Å². The molecule has 0 radical (unpaired) electrons. The Labute approximate surface area is 202 Å². The highest BCUT2D eigenvalue weighted by Crippen LogP contribution is 2.28. The Morgan fingerprint density at radius 2 is 1.37 bits per heavy atom. The van der Waals surface area contributed by atoms with Gasteiger partial charge in [0.15, 0.2) is 5.82 Å². The average Bonchev–Trinajstić information content (AvgIpc) is 3.28. The number of H-pyrrole nitrogens is 1. The number of aromatic amines is 1. The third kappa shape index (κ3) is 5.67. The van der Waals surface area contributed by atoms with Gasteiger partial charge in [0.2, 0.25) is 0 Å². The lowest BCUT2D eigenvalue weighted by Crippen LogP contribution is -2.19. The van der Waals surface area contributed by atoms with E-state index in [4.69, 9.17) is 23.7 Å². The highest BCUT2D eigenvalue weighted by molar-refractivity contribution is 6.04. The lowest BCUT2D eigenvalue weighted by Gasteiger charge is -2.11. The van der Waals surface area contributed by atoms with Crippen molar-refractivity contribution < 1.29 is 28.5 Å². The van der Waals surface area contributed by atoms with Gasteiger partial charge in [-0.25, -0.2) is 4.79 Å². The van der Waals surface area contributed by atoms with Crippen molar-refractivity contribution in [3.63, 3.8) is 0 Å². The van der Waals surface area contributed by atoms with Crippen LogP contribution in [0.5, 0.6) is 28.7 Å². The first-order chi connectivity index (χ1) is 17.0. The number of methoxy groups -OCH3 is 4. The zero-order valence-electron chi connectivity index (χ0n) is 19.8. The number of urea groups is 1. The zero-order valence-corrected chi connectivity index (χ0v) is 19.8. The van der Waals surface area contributed by atoms with E-state index in [1.807, 2.05) is 30.3 Å². The number of benzene rings is 3. The van der Waals surface area contributed by atoms with Crippen molar-refractivity contribution in [1.29, 1.82) is 0 Å². The Morgan fingerprint density at radius 1 is 0.771 bits per heavy atom. The third-order valence-corrected chi connectivity index (χ3v) is 5.19. The summed E-state index contributed by atoms with van der Waals surface area (Å²) in [5.41, 5.74) is 2.13. The van der Waals surface area contributed by atoms with Crippen LogP contribution in [0.3, 0.4) is 0 Å². The van der Waals surface area contributed by atoms with Crippen LogP contribution in [-0.4, -0.2) is 44.7 Å². The number of rotatable bonds is 9. The Morgan fingerprint density at radius 3 is 1.97 bits per heavy atom. The second-order valence-corrected chi connectivity index (χ2v) is 7.47. The smallest absolute Gasteiger partial charge is 0.324 e. The molecule has 10 nitrogen and oxygen atoms in total. The molecule has 1 aromatic heterocycles. The van der Waals surface area contributed by atoms with Gasteiger partial charge < -0.3 is 29.0 Å². The number of ether oxygens (including phenoxy) is 5. The summed E-state index contributed by atoms with van der Waals surface area (Å²) in [6.45, 7) is 0.324. The molecule has 3 aromatic carbocycles. The van der Waals surface area contributed by atoms with Gasteiger partial charge in [0, 0.05) is 41.4 Å². The maximum Gasteiger partial charge on any atom is 0.324 e. The van der Waals surface area contributed by atoms with Gasteiger partial charge in [-0.15, -0.1) is 0 Å². The quantitative estimate of drug-likeness (QED) is 0.316. The van der Waals surface area contributed by atoms with Crippen LogP contribution in [0.15, 0.2) is 54.6 Å². The molecule has 0 aliphatic carbocycles. The summed E-state index contributed by atoms with van der Waals surface area (Å²) in [4.78, 5) is 12.6. The van der Waals surface area contributed by atoms with Crippen molar-refractivity contribution >= 4 is 28.4 Å². The number of nitrogens with one attached hydrogen (secondary N) is 3. The van der Waals surface area contributed by atoms with Gasteiger partial charge in [-0.2, -0.15) is 5.10 Å². The van der Waals surface area contributed by atoms with Crippen LogP contribution in [0.25, 0.3) is 10.9 Å². The van der Waals surface area contributed by atoms with E-state index in [1.54, 1.807) is 52.7 Å². The Bertz CT molecular complexity index is 1290. The second kappa shape index (κ2) is 10.6. The molecular formula is C25H26N4O6. The number of carbonyl (C=O) groups excluding carboxylic acids is 1. The first-order valence-electron chi connectivity index (χ1n) is 10.6. The van der Waals surface area contributed by atoms with E-state index >= 15 is 0 Å². The molecule has 0 unspecified atom stereocenters. The fourth-order valence-electron chi connectivity index (χ4n) is 3.45. The van der Waals surface area contributed by atoms with E-state index in [9.17, 15) is 4.79 Å². The molecule has 0 aliphatic heterocycles. The topological polar surface area (TPSA) is 116 Å². The monoisotopic (exact) mass is 478 g/mol. The maximum absolute atomic E-state index is 12.6. The normalized spacial score (nSPS) is 10.5. The van der Waals surface area contributed by atoms with E-state index in [1.165, 1.54) is 0 Å². The Hall–Kier alpha value is -4.60. The highest BCUT2D eigenvalue weighted by atomic mass is 16.5. The van der Waals surface area contributed by atoms with Gasteiger partial charge in [-0.1, -0.05) is 0 Å². The van der Waals surface area contributed by atoms with Gasteiger partial charge >= 0.3 is 6.03 Å². The number of nitrogens with zero attached hydrogens (tertiary/aromatic N) is 1. The number of hydrogen-bond acceptors (Lipinski definition) is 7. The lowest BCUT2D eigenvalue weighted by molar-refractivity contribution is 0.262. The molecular weight excluding hydrogens is 452 g/mol. The molecule has 0 atom stereocenters. The molecule has 1 heterocycles. The first kappa shape index (κ1) is 23.6. The fraction of sp³-hybridized carbons (Fsp3) is 0.200. The summed E-state index contributed by atoms with van der Waals surface area (Å²) < 4.78 is 27.0. The van der Waals surface area contributed by atoms with Crippen LogP contribution in [0.1, 0.15) is 5.56 Å². The lowest BCUT2D eigenvalue weighted by atomic mass is 10.2. The average molecular weight is 479 g/mol. The van der Waals surface area contributed by atoms with Gasteiger partial charge in [0.1, 0.15) is 35.4 Å². The van der Waals surface area contributed by atoms with Crippen molar-refractivity contribution in [3.8, 4) is 28.7 Å². The molecule has 0 aliphatic rings. The molecule has 35 heavy (non-hydrogen) atoms. The van der Waals surface area contributed by atoms with Gasteiger partial charge in [-0.3, -0.25) is 10.4 Å². The highest BCUT2D eigenvalue weighted by Gasteiger charge is 2.12. The molecule has 0 spiro atoms. The van der Waals surface area contributed by atoms with Crippen LogP contribution in [0, 0.1) is 0 Å². The van der Waals surface area contributed by atoms with Crippen molar-refractivity contribution in [1.82, 2.24) is 10.2 Å². The summed E-state index contributed by atoms with van der Waals surface area (Å²) >= 11 is 0. The zero-order chi connectivity index (χ0) is 24.8. The molecule has 0 saturated heterocycles. The summed E-state index contributed by atoms with van der Waals surface area (Å²) in [5.74, 6) is 3.52. The van der Waals surface area contributed by atoms with Crippen molar-refractivity contribution in [2.24, 2.45) is 0 Å². The van der Waals surface area contributed by atoms with Crippen LogP contribution in [0.2, 0.25) is 0 Å². The second-order valence-electron chi connectivity index (χ2n) is 7.47. The standard InChI is InChI=1S/C25H26N4O6/c1-31-18-7-15(8-19(11-18)32-2)14-35-17-5-6-22-23(13-17)28-29-24(22)27-25(30)26-16-9-20(33-3)12-21(10-16)34-4/h5-13H,14H2,1-4H3,(H3,26,27,28,29,30). The molecule has 182 valence electrons. The van der Waals surface area contributed by atoms with Gasteiger partial charge in [0.25, 0.3) is 0 Å². The summed E-state index contributed by atoms with van der Waals surface area (Å²) in [6.07, 6.45) is 0. The predicted octanol–water partition coefficient (Wildman–Crippen LogP) is 4.82. The summed E-state index contributed by atoms with van der Waals surface area (Å²) in [5, 5.41) is 13.4. The number of carbonyl (C=O) groups is 1. The Kier molecular flexibility index (Phi) is 7.10. The minimum Gasteiger partial charge on any atom is -0.497 e. The number of hydrogen-bond donors (Lipinski definition) is 3. The molecule has 0 bridgehead atoms. The van der Waals surface area contributed by atoms with E-state index < -0.39 is 6.03 Å². The maximum atomic E-state index is 12.6. The SMILES string of the molecule is COc1cc(COc2ccc3c(NC(=O)Nc4cc(OC)cc(OC)c4)n[nH]c3c2)cc(OC)c1. The molecule has 2 amide bonds. The number of aromatic nitrogens is 2. The van der Waals surface area contributed by atoms with E-state index in [0.29, 0.717) is 52.4 Å². The predicted molar refractivity (Wildman–Crippen MR) is 132 cm³/mol. The molecule has 0 fully saturated rings. The summed E-state index contributed by atoms with van der Waals surface area (Å²) in [6, 6.07) is 15.7. The van der Waals surface area contributed by atoms with Crippen LogP contribution in [-0.2, 0) is 6.61 Å². The minimum atomic E-state index is -0.457. The van der Waals surface area contributed by atoms with Crippen molar-refractivity contribution in [3.05, 3.63) is 60.2 Å². The largest absolute Gasteiger partial charge is 0.497 e. The molecule has 10 heteroatoms. The fourth-order valence-corrected chi connectivity index (χ4v) is 3.45.